The fourth-order valence-corrected chi connectivity index (χ4v) is 3.53. The van der Waals surface area contributed by atoms with E-state index in [-0.39, 0.29) is 5.91 Å². The average molecular weight is 383 g/mol. The zero-order chi connectivity index (χ0) is 19.9. The van der Waals surface area contributed by atoms with Gasteiger partial charge in [0, 0.05) is 46.0 Å². The topological polar surface area (TPSA) is 48.9 Å². The molecule has 1 fully saturated rings. The number of hydrogen-bond donors (Lipinski definition) is 0. The second-order valence-corrected chi connectivity index (χ2v) is 7.16. The van der Waals surface area contributed by atoms with Gasteiger partial charge in [-0.3, -0.25) is 9.78 Å². The molecule has 1 saturated heterocycles. The average Bonchev–Trinajstić information content (AvgIpc) is 2.77. The molecule has 150 valence electrons. The summed E-state index contributed by atoms with van der Waals surface area (Å²) in [5, 5.41) is 0. The lowest BCUT2D eigenvalue weighted by Crippen LogP contribution is -2.46. The van der Waals surface area contributed by atoms with Gasteiger partial charge in [-0.25, -0.2) is 0 Å². The molecule has 2 aromatic rings. The largest absolute Gasteiger partial charge is 0.495 e. The van der Waals surface area contributed by atoms with E-state index in [9.17, 15) is 4.79 Å². The molecule has 0 spiro atoms. The summed E-state index contributed by atoms with van der Waals surface area (Å²) in [5.41, 5.74) is 2.79. The predicted octanol–water partition coefficient (Wildman–Crippen LogP) is 3.29. The lowest BCUT2D eigenvalue weighted by molar-refractivity contribution is 0.0793. The normalized spacial score (nSPS) is 14.1. The van der Waals surface area contributed by atoms with Crippen LogP contribution in [0.3, 0.4) is 0 Å². The van der Waals surface area contributed by atoms with Crippen molar-refractivity contribution in [3.05, 3.63) is 48.3 Å². The van der Waals surface area contributed by atoms with E-state index in [4.69, 9.17) is 4.74 Å². The lowest BCUT2D eigenvalue weighted by Gasteiger charge is -2.37. The highest BCUT2D eigenvalue weighted by molar-refractivity contribution is 5.94. The Morgan fingerprint density at radius 3 is 2.57 bits per heavy atom. The third kappa shape index (κ3) is 4.55. The Morgan fingerprint density at radius 1 is 1.14 bits per heavy atom. The molecule has 6 heteroatoms. The zero-order valence-electron chi connectivity index (χ0n) is 17.1. The van der Waals surface area contributed by atoms with Crippen molar-refractivity contribution in [1.29, 1.82) is 0 Å². The summed E-state index contributed by atoms with van der Waals surface area (Å²) >= 11 is 0. The number of amides is 1. The van der Waals surface area contributed by atoms with Crippen LogP contribution in [0.2, 0.25) is 0 Å². The molecule has 0 unspecified atom stereocenters. The number of unbranched alkanes of at least 4 members (excludes halogenated alkanes) is 1. The first kappa shape index (κ1) is 20.0. The van der Waals surface area contributed by atoms with Crippen LogP contribution < -0.4 is 14.5 Å². The summed E-state index contributed by atoms with van der Waals surface area (Å²) in [7, 11) is 3.57. The quantitative estimate of drug-likeness (QED) is 0.735. The second-order valence-electron chi connectivity index (χ2n) is 7.16. The minimum absolute atomic E-state index is 0.0375. The summed E-state index contributed by atoms with van der Waals surface area (Å²) in [4.78, 5) is 23.4. The lowest BCUT2D eigenvalue weighted by atomic mass is 10.2. The van der Waals surface area contributed by atoms with Gasteiger partial charge in [0.05, 0.1) is 30.2 Å². The first-order chi connectivity index (χ1) is 13.6. The van der Waals surface area contributed by atoms with E-state index in [2.05, 4.69) is 27.8 Å². The third-order valence-electron chi connectivity index (χ3n) is 5.24. The maximum absolute atomic E-state index is 12.6. The highest BCUT2D eigenvalue weighted by atomic mass is 16.5. The fourth-order valence-electron chi connectivity index (χ4n) is 3.53. The number of methoxy groups -OCH3 is 1. The van der Waals surface area contributed by atoms with Gasteiger partial charge in [0.2, 0.25) is 0 Å². The minimum atomic E-state index is 0.0375. The van der Waals surface area contributed by atoms with Crippen molar-refractivity contribution < 1.29 is 9.53 Å². The van der Waals surface area contributed by atoms with Crippen LogP contribution in [0.25, 0.3) is 0 Å². The smallest absolute Gasteiger partial charge is 0.255 e. The monoisotopic (exact) mass is 382 g/mol. The highest BCUT2D eigenvalue weighted by Crippen LogP contribution is 2.29. The van der Waals surface area contributed by atoms with E-state index in [0.29, 0.717) is 5.56 Å². The van der Waals surface area contributed by atoms with Gasteiger partial charge in [0.1, 0.15) is 5.75 Å². The standard InChI is InChI=1S/C22H30N4O2/c1-4-5-10-24(2)22(27)18-15-19(17-23-16-18)25-11-13-26(14-12-25)20-8-6-7-9-21(20)28-3/h6-9,15-17H,4-5,10-14H2,1-3H3. The number of benzene rings is 1. The number of nitrogens with zero attached hydrogens (tertiary/aromatic N) is 4. The molecule has 3 rings (SSSR count). The van der Waals surface area contributed by atoms with Gasteiger partial charge >= 0.3 is 0 Å². The van der Waals surface area contributed by atoms with Crippen LogP contribution in [0.1, 0.15) is 30.1 Å². The number of carbonyl (C=O) groups is 1. The van der Waals surface area contributed by atoms with Crippen LogP contribution in [0.15, 0.2) is 42.7 Å². The molecule has 1 aromatic heterocycles. The number of rotatable bonds is 7. The molecule has 0 aliphatic carbocycles. The first-order valence-electron chi connectivity index (χ1n) is 9.97. The molecule has 6 nitrogen and oxygen atoms in total. The van der Waals surface area contributed by atoms with Crippen molar-refractivity contribution in [2.75, 3.05) is 56.7 Å². The Hall–Kier alpha value is -2.76. The minimum Gasteiger partial charge on any atom is -0.495 e. The summed E-state index contributed by atoms with van der Waals surface area (Å²) in [6, 6.07) is 10.1. The highest BCUT2D eigenvalue weighted by Gasteiger charge is 2.21. The summed E-state index contributed by atoms with van der Waals surface area (Å²) in [5.74, 6) is 0.941. The van der Waals surface area contributed by atoms with Crippen LogP contribution >= 0.6 is 0 Å². The molecule has 0 saturated carbocycles. The summed E-state index contributed by atoms with van der Waals surface area (Å²) < 4.78 is 5.50. The molecular formula is C22H30N4O2. The molecule has 28 heavy (non-hydrogen) atoms. The summed E-state index contributed by atoms with van der Waals surface area (Å²) in [6.07, 6.45) is 5.60. The SMILES string of the molecule is CCCCN(C)C(=O)c1cncc(N2CCN(c3ccccc3OC)CC2)c1. The van der Waals surface area contributed by atoms with Gasteiger partial charge in [0.25, 0.3) is 5.91 Å². The van der Waals surface area contributed by atoms with Crippen LogP contribution in [0.5, 0.6) is 5.75 Å². The molecule has 1 aliphatic heterocycles. The van der Waals surface area contributed by atoms with E-state index in [1.54, 1.807) is 18.2 Å². The van der Waals surface area contributed by atoms with Crippen molar-refractivity contribution in [3.8, 4) is 5.75 Å². The predicted molar refractivity (Wildman–Crippen MR) is 114 cm³/mol. The number of piperazine rings is 1. The third-order valence-corrected chi connectivity index (χ3v) is 5.24. The molecular weight excluding hydrogens is 352 g/mol. The van der Waals surface area contributed by atoms with Crippen LogP contribution in [-0.2, 0) is 0 Å². The molecule has 1 aromatic carbocycles. The molecule has 0 radical (unpaired) electrons. The molecule has 0 atom stereocenters. The Balaban J connectivity index is 1.65. The number of carbonyl (C=O) groups excluding carboxylic acids is 1. The van der Waals surface area contributed by atoms with Gasteiger partial charge in [-0.2, -0.15) is 0 Å². The molecule has 2 heterocycles. The van der Waals surface area contributed by atoms with Crippen molar-refractivity contribution >= 4 is 17.3 Å². The number of anilines is 2. The first-order valence-corrected chi connectivity index (χ1v) is 9.97. The van der Waals surface area contributed by atoms with Crippen molar-refractivity contribution in [1.82, 2.24) is 9.88 Å². The van der Waals surface area contributed by atoms with Gasteiger partial charge in [-0.1, -0.05) is 25.5 Å². The maximum atomic E-state index is 12.6. The molecule has 0 bridgehead atoms. The number of pyridine rings is 1. The number of hydrogen-bond acceptors (Lipinski definition) is 5. The van der Waals surface area contributed by atoms with Crippen LogP contribution in [0.4, 0.5) is 11.4 Å². The van der Waals surface area contributed by atoms with Gasteiger partial charge < -0.3 is 19.4 Å². The van der Waals surface area contributed by atoms with Gasteiger partial charge in [-0.05, 0) is 24.6 Å². The Bertz CT molecular complexity index is 788. The van der Waals surface area contributed by atoms with Crippen molar-refractivity contribution in [2.45, 2.75) is 19.8 Å². The Kier molecular flexibility index (Phi) is 6.74. The Labute approximate surface area is 167 Å². The van der Waals surface area contributed by atoms with Crippen LogP contribution in [-0.4, -0.2) is 62.7 Å². The number of ether oxygens (including phenoxy) is 1. The van der Waals surface area contributed by atoms with Gasteiger partial charge in [-0.15, -0.1) is 0 Å². The van der Waals surface area contributed by atoms with Crippen molar-refractivity contribution in [3.63, 3.8) is 0 Å². The van der Waals surface area contributed by atoms with Gasteiger partial charge in [0.15, 0.2) is 0 Å². The molecule has 1 aliphatic rings. The number of aromatic nitrogens is 1. The summed E-state index contributed by atoms with van der Waals surface area (Å²) in [6.45, 7) is 6.46. The fraction of sp³-hybridized carbons (Fsp3) is 0.455. The van der Waals surface area contributed by atoms with E-state index >= 15 is 0 Å². The van der Waals surface area contributed by atoms with E-state index in [0.717, 1.165) is 62.7 Å². The van der Waals surface area contributed by atoms with Crippen molar-refractivity contribution in [2.24, 2.45) is 0 Å². The van der Waals surface area contributed by atoms with Crippen LogP contribution in [0, 0.1) is 0 Å². The second kappa shape index (κ2) is 9.44. The maximum Gasteiger partial charge on any atom is 0.255 e. The van der Waals surface area contributed by atoms with E-state index < -0.39 is 0 Å². The van der Waals surface area contributed by atoms with E-state index in [1.807, 2.05) is 37.5 Å². The molecule has 0 N–H and O–H groups in total. The number of para-hydroxylation sites is 2. The zero-order valence-corrected chi connectivity index (χ0v) is 17.1. The molecule has 1 amide bonds. The Morgan fingerprint density at radius 2 is 1.86 bits per heavy atom. The van der Waals surface area contributed by atoms with E-state index in [1.165, 1.54) is 0 Å².